The molecule has 0 bridgehead atoms. The van der Waals surface area contributed by atoms with Crippen molar-refractivity contribution in [3.8, 4) is 5.69 Å². The topological polar surface area (TPSA) is 84.3 Å². The van der Waals surface area contributed by atoms with Crippen LogP contribution in [-0.2, 0) is 15.1 Å². The van der Waals surface area contributed by atoms with E-state index in [9.17, 15) is 14.4 Å². The number of carbonyl (C=O) groups is 2. The number of nitrogens with zero attached hydrogens (tertiary/aromatic N) is 3. The number of aromatic nitrogens is 2. The van der Waals surface area contributed by atoms with Crippen molar-refractivity contribution < 1.29 is 9.59 Å². The van der Waals surface area contributed by atoms with Gasteiger partial charge in [0.05, 0.1) is 34.1 Å². The van der Waals surface area contributed by atoms with Crippen LogP contribution in [0.3, 0.4) is 0 Å². The number of nitrogens with one attached hydrogen (secondary N) is 1. The fraction of sp³-hybridized carbons (Fsp3) is 0.267. The highest BCUT2D eigenvalue weighted by molar-refractivity contribution is 6.23. The predicted octanol–water partition coefficient (Wildman–Crippen LogP) is 3.68. The van der Waals surface area contributed by atoms with Gasteiger partial charge in [0.2, 0.25) is 11.8 Å². The highest BCUT2D eigenvalue weighted by Crippen LogP contribution is 2.56. The molecule has 3 aliphatic rings. The van der Waals surface area contributed by atoms with Crippen LogP contribution in [0.2, 0.25) is 0 Å². The highest BCUT2D eigenvalue weighted by atomic mass is 16.2. The van der Waals surface area contributed by atoms with Crippen LogP contribution in [0.4, 0.5) is 5.69 Å². The number of aryl methyl sites for hydroxylation is 1. The summed E-state index contributed by atoms with van der Waals surface area (Å²) in [6, 6.07) is 22.1. The Labute approximate surface area is 213 Å². The second-order valence-electron chi connectivity index (χ2n) is 10.6. The molecule has 4 heterocycles. The lowest BCUT2D eigenvalue weighted by Gasteiger charge is -2.32. The summed E-state index contributed by atoms with van der Waals surface area (Å²) >= 11 is 0. The van der Waals surface area contributed by atoms with E-state index < -0.39 is 17.4 Å². The van der Waals surface area contributed by atoms with Crippen LogP contribution in [0.25, 0.3) is 16.6 Å². The summed E-state index contributed by atoms with van der Waals surface area (Å²) in [5, 5.41) is 4.25. The minimum absolute atomic E-state index is 0.0637. The number of benzene rings is 3. The van der Waals surface area contributed by atoms with Crippen molar-refractivity contribution in [3.05, 3.63) is 100 Å². The van der Waals surface area contributed by atoms with Gasteiger partial charge in [-0.25, -0.2) is 9.88 Å². The van der Waals surface area contributed by atoms with E-state index in [2.05, 4.69) is 19.2 Å². The Morgan fingerprint density at radius 3 is 2.30 bits per heavy atom. The van der Waals surface area contributed by atoms with Crippen LogP contribution in [-0.4, -0.2) is 27.4 Å². The first-order valence-electron chi connectivity index (χ1n) is 12.7. The fourth-order valence-electron chi connectivity index (χ4n) is 6.78. The SMILES string of the molecule is Cc1ccccc1N1C(=O)C2C(C(C)C)NC3(c4ccccc4-n4c3nc3ccccc3c4=O)C2C1=O. The van der Waals surface area contributed by atoms with Crippen LogP contribution in [0.1, 0.15) is 30.8 Å². The van der Waals surface area contributed by atoms with E-state index in [-0.39, 0.29) is 29.3 Å². The van der Waals surface area contributed by atoms with Gasteiger partial charge in [-0.15, -0.1) is 0 Å². The maximum atomic E-state index is 14.4. The van der Waals surface area contributed by atoms with Crippen LogP contribution in [0.15, 0.2) is 77.6 Å². The molecule has 3 aromatic carbocycles. The monoisotopic (exact) mass is 490 g/mol. The number of imide groups is 1. The Kier molecular flexibility index (Phi) is 4.46. The first-order chi connectivity index (χ1) is 17.9. The van der Waals surface area contributed by atoms with E-state index in [1.54, 1.807) is 10.6 Å². The minimum Gasteiger partial charge on any atom is -0.296 e. The van der Waals surface area contributed by atoms with Crippen LogP contribution in [0.5, 0.6) is 0 Å². The maximum Gasteiger partial charge on any atom is 0.266 e. The second kappa shape index (κ2) is 7.46. The van der Waals surface area contributed by atoms with E-state index in [1.165, 1.54) is 4.90 Å². The van der Waals surface area contributed by atoms with Gasteiger partial charge in [0.1, 0.15) is 11.4 Å². The quantitative estimate of drug-likeness (QED) is 0.434. The van der Waals surface area contributed by atoms with E-state index in [4.69, 9.17) is 4.98 Å². The average molecular weight is 491 g/mol. The van der Waals surface area contributed by atoms with E-state index in [0.717, 1.165) is 11.1 Å². The number of hydrogen-bond acceptors (Lipinski definition) is 5. The molecular formula is C30H26N4O3. The van der Waals surface area contributed by atoms with Crippen molar-refractivity contribution in [3.63, 3.8) is 0 Å². The lowest BCUT2D eigenvalue weighted by Crippen LogP contribution is -2.51. The molecular weight excluding hydrogens is 464 g/mol. The van der Waals surface area contributed by atoms with Gasteiger partial charge < -0.3 is 0 Å². The molecule has 4 unspecified atom stereocenters. The Bertz CT molecular complexity index is 1710. The molecule has 0 radical (unpaired) electrons. The highest BCUT2D eigenvalue weighted by Gasteiger charge is 2.70. The zero-order chi connectivity index (χ0) is 25.6. The number of anilines is 1. The molecule has 2 amide bonds. The average Bonchev–Trinajstić information content (AvgIpc) is 3.49. The largest absolute Gasteiger partial charge is 0.296 e. The van der Waals surface area contributed by atoms with Gasteiger partial charge in [0.25, 0.3) is 5.56 Å². The number of hydrogen-bond donors (Lipinski definition) is 1. The summed E-state index contributed by atoms with van der Waals surface area (Å²) in [4.78, 5) is 48.7. The third-order valence-electron chi connectivity index (χ3n) is 8.37. The van der Waals surface area contributed by atoms with Crippen molar-refractivity contribution in [2.24, 2.45) is 17.8 Å². The first kappa shape index (κ1) is 22.1. The van der Waals surface area contributed by atoms with Gasteiger partial charge in [-0.1, -0.05) is 62.4 Å². The molecule has 7 heteroatoms. The number of fused-ring (bicyclic) bond motifs is 8. The first-order valence-corrected chi connectivity index (χ1v) is 12.7. The summed E-state index contributed by atoms with van der Waals surface area (Å²) in [6.07, 6.45) is 0. The van der Waals surface area contributed by atoms with Crippen molar-refractivity contribution in [2.75, 3.05) is 4.90 Å². The van der Waals surface area contributed by atoms with Gasteiger partial charge in [-0.3, -0.25) is 24.3 Å². The Morgan fingerprint density at radius 2 is 1.54 bits per heavy atom. The molecule has 2 saturated heterocycles. The molecule has 4 aromatic rings. The molecule has 7 rings (SSSR count). The molecule has 1 aromatic heterocycles. The molecule has 7 nitrogen and oxygen atoms in total. The van der Waals surface area contributed by atoms with Crippen LogP contribution in [0, 0.1) is 24.7 Å². The standard InChI is InChI=1S/C30H26N4O3/c1-16(2)25-23-24(28(37)33(27(23)36)21-14-8-4-10-17(21)3)30(32-25)19-12-6-9-15-22(19)34-26(35)18-11-5-7-13-20(18)31-29(30)34/h4-16,23-25,32H,1-3H3. The zero-order valence-electron chi connectivity index (χ0n) is 20.8. The van der Waals surface area contributed by atoms with Gasteiger partial charge in [-0.05, 0) is 42.7 Å². The molecule has 2 fully saturated rings. The lowest BCUT2D eigenvalue weighted by molar-refractivity contribution is -0.123. The van der Waals surface area contributed by atoms with E-state index >= 15 is 0 Å². The lowest BCUT2D eigenvalue weighted by atomic mass is 9.75. The molecule has 4 atom stereocenters. The third kappa shape index (κ3) is 2.64. The number of para-hydroxylation sites is 3. The predicted molar refractivity (Wildman–Crippen MR) is 141 cm³/mol. The fourth-order valence-corrected chi connectivity index (χ4v) is 6.78. The summed E-state index contributed by atoms with van der Waals surface area (Å²) in [5.74, 6) is -1.25. The second-order valence-corrected chi connectivity index (χ2v) is 10.6. The summed E-state index contributed by atoms with van der Waals surface area (Å²) in [6.45, 7) is 6.03. The Hall–Kier alpha value is -4.10. The van der Waals surface area contributed by atoms with Crippen LogP contribution < -0.4 is 15.8 Å². The van der Waals surface area contributed by atoms with Crippen molar-refractivity contribution in [2.45, 2.75) is 32.4 Å². The van der Waals surface area contributed by atoms with Gasteiger partial charge in [0, 0.05) is 11.6 Å². The van der Waals surface area contributed by atoms with Crippen LogP contribution >= 0.6 is 0 Å². The molecule has 0 aliphatic carbocycles. The van der Waals surface area contributed by atoms with E-state index in [1.807, 2.05) is 73.7 Å². The molecule has 37 heavy (non-hydrogen) atoms. The zero-order valence-corrected chi connectivity index (χ0v) is 20.8. The summed E-state index contributed by atoms with van der Waals surface area (Å²) < 4.78 is 1.64. The number of carbonyl (C=O) groups excluding carboxylic acids is 2. The van der Waals surface area contributed by atoms with E-state index in [0.29, 0.717) is 28.1 Å². The molecule has 184 valence electrons. The third-order valence-corrected chi connectivity index (χ3v) is 8.37. The van der Waals surface area contributed by atoms with Crippen molar-refractivity contribution >= 4 is 28.4 Å². The minimum atomic E-state index is -1.11. The van der Waals surface area contributed by atoms with Crippen molar-refractivity contribution in [1.82, 2.24) is 14.9 Å². The van der Waals surface area contributed by atoms with Crippen molar-refractivity contribution in [1.29, 1.82) is 0 Å². The normalized spacial score (nSPS) is 25.8. The Balaban J connectivity index is 1.55. The number of rotatable bonds is 2. The van der Waals surface area contributed by atoms with Gasteiger partial charge in [0.15, 0.2) is 0 Å². The van der Waals surface area contributed by atoms with Gasteiger partial charge in [-0.2, -0.15) is 0 Å². The Morgan fingerprint density at radius 1 is 0.865 bits per heavy atom. The molecule has 1 spiro atoms. The molecule has 1 N–H and O–H groups in total. The van der Waals surface area contributed by atoms with Gasteiger partial charge >= 0.3 is 0 Å². The number of amides is 2. The molecule has 0 saturated carbocycles. The summed E-state index contributed by atoms with van der Waals surface area (Å²) in [5.41, 5.74) is 2.27. The summed E-state index contributed by atoms with van der Waals surface area (Å²) in [7, 11) is 0. The maximum absolute atomic E-state index is 14.4. The smallest absolute Gasteiger partial charge is 0.266 e. The molecule has 3 aliphatic heterocycles.